The SMILES string of the molecule is O=Cc1ccc(OCCOCCOCCOCCOCCOCCOCCOCCOCCOCCOCCOC(=O)c2ccccc2)cc1. The van der Waals surface area contributed by atoms with Gasteiger partial charge in [0.05, 0.1) is 138 Å². The summed E-state index contributed by atoms with van der Waals surface area (Å²) >= 11 is 0. The van der Waals surface area contributed by atoms with E-state index in [0.29, 0.717) is 156 Å². The van der Waals surface area contributed by atoms with E-state index >= 15 is 0 Å². The summed E-state index contributed by atoms with van der Waals surface area (Å²) in [6.07, 6.45) is 0.795. The second-order valence-electron chi connectivity index (χ2n) is 10.2. The van der Waals surface area contributed by atoms with Gasteiger partial charge in [0.15, 0.2) is 0 Å². The Hall–Kier alpha value is -3.02. The predicted octanol–water partition coefficient (Wildman–Crippen LogP) is 2.90. The minimum atomic E-state index is -0.360. The highest BCUT2D eigenvalue weighted by Crippen LogP contribution is 2.10. The van der Waals surface area contributed by atoms with Crippen LogP contribution in [-0.2, 0) is 52.1 Å². The highest BCUT2D eigenvalue weighted by Gasteiger charge is 2.05. The Morgan fingerprint density at radius 3 is 1.06 bits per heavy atom. The summed E-state index contributed by atoms with van der Waals surface area (Å²) in [5.41, 5.74) is 1.14. The van der Waals surface area contributed by atoms with Crippen molar-refractivity contribution in [1.29, 1.82) is 0 Å². The van der Waals surface area contributed by atoms with E-state index in [1.54, 1.807) is 48.5 Å². The molecule has 14 heteroatoms. The quantitative estimate of drug-likeness (QED) is 0.0581. The lowest BCUT2D eigenvalue weighted by Crippen LogP contribution is -2.15. The van der Waals surface area contributed by atoms with Crippen LogP contribution in [0.15, 0.2) is 54.6 Å². The molecule has 2 rings (SSSR count). The van der Waals surface area contributed by atoms with Crippen LogP contribution in [0.1, 0.15) is 20.7 Å². The third-order valence-electron chi connectivity index (χ3n) is 6.33. The molecular weight excluding hydrogens is 656 g/mol. The molecule has 2 aromatic carbocycles. The van der Waals surface area contributed by atoms with E-state index in [0.717, 1.165) is 6.29 Å². The van der Waals surface area contributed by atoms with Gasteiger partial charge in [0.25, 0.3) is 0 Å². The fourth-order valence-electron chi connectivity index (χ4n) is 3.79. The first-order valence-corrected chi connectivity index (χ1v) is 17.0. The van der Waals surface area contributed by atoms with Gasteiger partial charge < -0.3 is 56.8 Å². The molecule has 0 bridgehead atoms. The number of rotatable bonds is 36. The summed E-state index contributed by atoms with van der Waals surface area (Å²) in [6, 6.07) is 15.8. The molecule has 0 unspecified atom stereocenters. The van der Waals surface area contributed by atoms with E-state index in [1.807, 2.05) is 6.07 Å². The largest absolute Gasteiger partial charge is 0.491 e. The first-order valence-electron chi connectivity index (χ1n) is 17.0. The standard InChI is InChI=1S/C36H54O14/c37-32-33-6-8-35(9-7-33)49-30-28-47-26-24-45-22-20-43-18-16-41-14-12-39-10-11-40-13-15-42-17-19-44-21-23-46-25-27-48-29-31-50-36(38)34-4-2-1-3-5-34/h1-9,32H,10-31H2. The van der Waals surface area contributed by atoms with Crippen molar-refractivity contribution in [1.82, 2.24) is 0 Å². The molecule has 0 aliphatic rings. The monoisotopic (exact) mass is 710 g/mol. The number of carbonyl (C=O) groups excluding carboxylic acids is 2. The second-order valence-corrected chi connectivity index (χ2v) is 10.2. The van der Waals surface area contributed by atoms with Crippen molar-refractivity contribution in [2.24, 2.45) is 0 Å². The van der Waals surface area contributed by atoms with E-state index in [4.69, 9.17) is 56.8 Å². The van der Waals surface area contributed by atoms with Crippen LogP contribution in [0.4, 0.5) is 0 Å². The number of ether oxygens (including phenoxy) is 12. The molecule has 0 atom stereocenters. The molecule has 0 aromatic heterocycles. The van der Waals surface area contributed by atoms with E-state index in [2.05, 4.69) is 0 Å². The Labute approximate surface area is 295 Å². The van der Waals surface area contributed by atoms with Crippen molar-refractivity contribution in [2.45, 2.75) is 0 Å². The van der Waals surface area contributed by atoms with Crippen LogP contribution in [0.3, 0.4) is 0 Å². The van der Waals surface area contributed by atoms with Gasteiger partial charge in [0.2, 0.25) is 0 Å². The lowest BCUT2D eigenvalue weighted by atomic mass is 10.2. The molecular formula is C36H54O14. The molecule has 14 nitrogen and oxygen atoms in total. The molecule has 0 aliphatic carbocycles. The molecule has 0 N–H and O–H groups in total. The van der Waals surface area contributed by atoms with Crippen LogP contribution >= 0.6 is 0 Å². The predicted molar refractivity (Wildman–Crippen MR) is 182 cm³/mol. The van der Waals surface area contributed by atoms with Gasteiger partial charge in [0.1, 0.15) is 25.2 Å². The molecule has 2 aromatic rings. The maximum atomic E-state index is 11.8. The summed E-state index contributed by atoms with van der Waals surface area (Å²) in [4.78, 5) is 22.4. The van der Waals surface area contributed by atoms with Gasteiger partial charge in [0, 0.05) is 5.56 Å². The molecule has 0 aliphatic heterocycles. The Morgan fingerprint density at radius 1 is 0.400 bits per heavy atom. The highest BCUT2D eigenvalue weighted by atomic mass is 16.6. The summed E-state index contributed by atoms with van der Waals surface area (Å²) in [5.74, 6) is 0.340. The molecule has 0 heterocycles. The van der Waals surface area contributed by atoms with Crippen molar-refractivity contribution < 1.29 is 66.4 Å². The van der Waals surface area contributed by atoms with Crippen molar-refractivity contribution >= 4 is 12.3 Å². The van der Waals surface area contributed by atoms with Crippen molar-refractivity contribution in [2.75, 3.05) is 145 Å². The molecule has 0 amide bonds. The minimum absolute atomic E-state index is 0.197. The summed E-state index contributed by atoms with van der Waals surface area (Å²) in [7, 11) is 0. The van der Waals surface area contributed by atoms with Crippen LogP contribution in [0.25, 0.3) is 0 Å². The van der Waals surface area contributed by atoms with E-state index in [9.17, 15) is 9.59 Å². The maximum absolute atomic E-state index is 11.8. The first kappa shape index (κ1) is 43.1. The third kappa shape index (κ3) is 25.9. The smallest absolute Gasteiger partial charge is 0.338 e. The molecule has 0 spiro atoms. The molecule has 0 fully saturated rings. The lowest BCUT2D eigenvalue weighted by Gasteiger charge is -2.09. The number of hydrogen-bond acceptors (Lipinski definition) is 14. The lowest BCUT2D eigenvalue weighted by molar-refractivity contribution is -0.0273. The van der Waals surface area contributed by atoms with Gasteiger partial charge in [-0.1, -0.05) is 18.2 Å². The van der Waals surface area contributed by atoms with Crippen LogP contribution in [0, 0.1) is 0 Å². The van der Waals surface area contributed by atoms with Gasteiger partial charge in [-0.15, -0.1) is 0 Å². The Bertz CT molecular complexity index is 1040. The zero-order valence-corrected chi connectivity index (χ0v) is 29.0. The summed E-state index contributed by atoms with van der Waals surface area (Å²) in [5, 5.41) is 0. The number of carbonyl (C=O) groups is 2. The normalized spacial score (nSPS) is 11.1. The van der Waals surface area contributed by atoms with Gasteiger partial charge in [-0.2, -0.15) is 0 Å². The Morgan fingerprint density at radius 2 is 0.720 bits per heavy atom. The van der Waals surface area contributed by atoms with Crippen LogP contribution in [0.2, 0.25) is 0 Å². The number of aldehydes is 1. The maximum Gasteiger partial charge on any atom is 0.338 e. The second kappa shape index (κ2) is 33.1. The van der Waals surface area contributed by atoms with Gasteiger partial charge >= 0.3 is 5.97 Å². The molecule has 0 radical (unpaired) electrons. The average molecular weight is 711 g/mol. The van der Waals surface area contributed by atoms with Crippen LogP contribution in [0.5, 0.6) is 5.75 Å². The summed E-state index contributed by atoms with van der Waals surface area (Å²) < 4.78 is 65.3. The minimum Gasteiger partial charge on any atom is -0.491 e. The third-order valence-corrected chi connectivity index (χ3v) is 6.33. The Balaban J connectivity index is 1.15. The molecule has 0 saturated heterocycles. The van der Waals surface area contributed by atoms with Crippen molar-refractivity contribution in [3.05, 3.63) is 65.7 Å². The number of hydrogen-bond donors (Lipinski definition) is 0. The number of esters is 1. The highest BCUT2D eigenvalue weighted by molar-refractivity contribution is 5.89. The van der Waals surface area contributed by atoms with E-state index in [1.165, 1.54) is 0 Å². The topological polar surface area (TPSA) is 145 Å². The van der Waals surface area contributed by atoms with E-state index in [-0.39, 0.29) is 12.6 Å². The van der Waals surface area contributed by atoms with Crippen LogP contribution in [-0.4, -0.2) is 158 Å². The van der Waals surface area contributed by atoms with Gasteiger partial charge in [-0.3, -0.25) is 4.79 Å². The summed E-state index contributed by atoms with van der Waals surface area (Å²) in [6.45, 7) is 9.94. The van der Waals surface area contributed by atoms with Crippen LogP contribution < -0.4 is 4.74 Å². The van der Waals surface area contributed by atoms with Crippen molar-refractivity contribution in [3.63, 3.8) is 0 Å². The zero-order valence-electron chi connectivity index (χ0n) is 29.0. The molecule has 282 valence electrons. The molecule has 0 saturated carbocycles. The molecule has 50 heavy (non-hydrogen) atoms. The van der Waals surface area contributed by atoms with Crippen molar-refractivity contribution in [3.8, 4) is 5.75 Å². The van der Waals surface area contributed by atoms with E-state index < -0.39 is 0 Å². The average Bonchev–Trinajstić information content (AvgIpc) is 3.15. The Kier molecular flexibility index (Phi) is 28.6. The van der Waals surface area contributed by atoms with Gasteiger partial charge in [-0.25, -0.2) is 4.79 Å². The first-order chi connectivity index (χ1) is 24.8. The van der Waals surface area contributed by atoms with Gasteiger partial charge in [-0.05, 0) is 36.4 Å². The zero-order chi connectivity index (χ0) is 35.4. The fraction of sp³-hybridized carbons (Fsp3) is 0.611. The number of benzene rings is 2. The fourth-order valence-corrected chi connectivity index (χ4v) is 3.79.